The van der Waals surface area contributed by atoms with Gasteiger partial charge >= 0.3 is 6.03 Å². The number of carbonyl (C=O) groups is 3. The van der Waals surface area contributed by atoms with Crippen LogP contribution >= 0.6 is 0 Å². The summed E-state index contributed by atoms with van der Waals surface area (Å²) in [6.07, 6.45) is 0.374. The Morgan fingerprint density at radius 2 is 1.81 bits per heavy atom. The first-order valence-corrected chi connectivity index (χ1v) is 8.02. The van der Waals surface area contributed by atoms with E-state index >= 15 is 0 Å². The Balaban J connectivity index is 1.60. The second-order valence-corrected chi connectivity index (χ2v) is 5.85. The molecule has 1 heterocycles. The Kier molecular flexibility index (Phi) is 4.94. The molecule has 7 nitrogen and oxygen atoms in total. The van der Waals surface area contributed by atoms with Crippen LogP contribution in [0.1, 0.15) is 11.1 Å². The topological polar surface area (TPSA) is 102 Å². The highest BCUT2D eigenvalue weighted by Gasteiger charge is 2.38. The zero-order chi connectivity index (χ0) is 18.5. The fourth-order valence-corrected chi connectivity index (χ4v) is 2.69. The maximum atomic E-state index is 12.4. The van der Waals surface area contributed by atoms with Gasteiger partial charge in [-0.1, -0.05) is 30.3 Å². The van der Waals surface area contributed by atoms with Gasteiger partial charge < -0.3 is 10.6 Å². The van der Waals surface area contributed by atoms with E-state index in [0.717, 1.165) is 10.5 Å². The Labute approximate surface area is 150 Å². The molecule has 0 aliphatic carbocycles. The standard InChI is InChI=1S/C19H16N4O3/c20-11-14-6-8-15(9-7-14)21-17(24)12-23-18(25)16(22-19(23)26)10-13-4-2-1-3-5-13/h1-9,16H,10,12H2,(H,21,24)(H,22,26)/t16-/m1/s1. The minimum atomic E-state index is -0.674. The van der Waals surface area contributed by atoms with E-state index in [2.05, 4.69) is 10.6 Å². The van der Waals surface area contributed by atoms with Gasteiger partial charge in [0.2, 0.25) is 5.91 Å². The zero-order valence-electron chi connectivity index (χ0n) is 13.8. The van der Waals surface area contributed by atoms with Crippen molar-refractivity contribution >= 4 is 23.5 Å². The Bertz CT molecular complexity index is 872. The molecule has 130 valence electrons. The number of anilines is 1. The number of nitrogens with zero attached hydrogens (tertiary/aromatic N) is 2. The second kappa shape index (κ2) is 7.49. The molecular weight excluding hydrogens is 332 g/mol. The number of rotatable bonds is 5. The van der Waals surface area contributed by atoms with E-state index in [1.165, 1.54) is 0 Å². The van der Waals surface area contributed by atoms with Crippen LogP contribution in [0.25, 0.3) is 0 Å². The minimum absolute atomic E-state index is 0.365. The van der Waals surface area contributed by atoms with Gasteiger partial charge in [0.1, 0.15) is 12.6 Å². The van der Waals surface area contributed by atoms with Crippen molar-refractivity contribution in [2.75, 3.05) is 11.9 Å². The highest BCUT2D eigenvalue weighted by atomic mass is 16.2. The maximum Gasteiger partial charge on any atom is 0.325 e. The van der Waals surface area contributed by atoms with Crippen LogP contribution in [0.4, 0.5) is 10.5 Å². The summed E-state index contributed by atoms with van der Waals surface area (Å²) in [5, 5.41) is 14.0. The molecule has 7 heteroatoms. The third-order valence-electron chi connectivity index (χ3n) is 3.99. The van der Waals surface area contributed by atoms with Crippen LogP contribution < -0.4 is 10.6 Å². The number of imide groups is 1. The minimum Gasteiger partial charge on any atom is -0.325 e. The highest BCUT2D eigenvalue weighted by Crippen LogP contribution is 2.13. The van der Waals surface area contributed by atoms with Crippen molar-refractivity contribution in [1.29, 1.82) is 5.26 Å². The summed E-state index contributed by atoms with van der Waals surface area (Å²) < 4.78 is 0. The summed E-state index contributed by atoms with van der Waals surface area (Å²) >= 11 is 0. The summed E-state index contributed by atoms with van der Waals surface area (Å²) in [6.45, 7) is -0.365. The fourth-order valence-electron chi connectivity index (χ4n) is 2.69. The summed E-state index contributed by atoms with van der Waals surface area (Å²) in [5.74, 6) is -0.910. The summed E-state index contributed by atoms with van der Waals surface area (Å²) in [6, 6.07) is 16.4. The Morgan fingerprint density at radius 3 is 2.46 bits per heavy atom. The van der Waals surface area contributed by atoms with Crippen LogP contribution in [0, 0.1) is 11.3 Å². The van der Waals surface area contributed by atoms with E-state index in [0.29, 0.717) is 17.7 Å². The van der Waals surface area contributed by atoms with Gasteiger partial charge in [0.15, 0.2) is 0 Å². The number of hydrogen-bond acceptors (Lipinski definition) is 4. The van der Waals surface area contributed by atoms with Crippen molar-refractivity contribution in [1.82, 2.24) is 10.2 Å². The van der Waals surface area contributed by atoms with Crippen LogP contribution in [-0.2, 0) is 16.0 Å². The number of benzene rings is 2. The molecule has 2 aromatic carbocycles. The molecule has 4 amide bonds. The molecule has 2 N–H and O–H groups in total. The van der Waals surface area contributed by atoms with Gasteiger partial charge in [-0.3, -0.25) is 14.5 Å². The smallest absolute Gasteiger partial charge is 0.325 e. The van der Waals surface area contributed by atoms with E-state index in [4.69, 9.17) is 5.26 Å². The van der Waals surface area contributed by atoms with Gasteiger partial charge in [-0.25, -0.2) is 4.79 Å². The highest BCUT2D eigenvalue weighted by molar-refractivity contribution is 6.08. The molecule has 1 aliphatic rings. The van der Waals surface area contributed by atoms with Gasteiger partial charge in [0, 0.05) is 12.1 Å². The lowest BCUT2D eigenvalue weighted by Crippen LogP contribution is -2.38. The predicted octanol–water partition coefficient (Wildman–Crippen LogP) is 1.66. The van der Waals surface area contributed by atoms with E-state index < -0.39 is 23.9 Å². The van der Waals surface area contributed by atoms with Crippen molar-refractivity contribution in [3.8, 4) is 6.07 Å². The molecule has 1 saturated heterocycles. The molecule has 0 spiro atoms. The SMILES string of the molecule is N#Cc1ccc(NC(=O)CN2C(=O)N[C@H](Cc3ccccc3)C2=O)cc1. The number of urea groups is 1. The molecule has 0 bridgehead atoms. The number of amides is 4. The van der Waals surface area contributed by atoms with E-state index in [-0.39, 0.29) is 6.54 Å². The molecule has 0 unspecified atom stereocenters. The first kappa shape index (κ1) is 17.2. The number of nitriles is 1. The lowest BCUT2D eigenvalue weighted by Gasteiger charge is -2.13. The molecule has 1 aliphatic heterocycles. The first-order chi connectivity index (χ1) is 12.6. The average Bonchev–Trinajstić information content (AvgIpc) is 2.90. The molecule has 1 fully saturated rings. The number of carbonyl (C=O) groups excluding carboxylic acids is 3. The van der Waals surface area contributed by atoms with Gasteiger partial charge in [-0.2, -0.15) is 5.26 Å². The summed E-state index contributed by atoms with van der Waals surface area (Å²) in [7, 11) is 0. The fraction of sp³-hybridized carbons (Fsp3) is 0.158. The second-order valence-electron chi connectivity index (χ2n) is 5.85. The molecule has 26 heavy (non-hydrogen) atoms. The normalized spacial score (nSPS) is 16.1. The summed E-state index contributed by atoms with van der Waals surface area (Å²) in [4.78, 5) is 37.5. The van der Waals surface area contributed by atoms with Gasteiger partial charge in [-0.05, 0) is 29.8 Å². The third-order valence-corrected chi connectivity index (χ3v) is 3.99. The lowest BCUT2D eigenvalue weighted by molar-refractivity contribution is -0.130. The van der Waals surface area contributed by atoms with Crippen LogP contribution in [0.2, 0.25) is 0 Å². The van der Waals surface area contributed by atoms with E-state index in [9.17, 15) is 14.4 Å². The van der Waals surface area contributed by atoms with Gasteiger partial charge in [0.05, 0.1) is 11.6 Å². The largest absolute Gasteiger partial charge is 0.325 e. The van der Waals surface area contributed by atoms with Crippen LogP contribution in [0.5, 0.6) is 0 Å². The van der Waals surface area contributed by atoms with Crippen molar-refractivity contribution < 1.29 is 14.4 Å². The Morgan fingerprint density at radius 1 is 1.12 bits per heavy atom. The molecule has 0 saturated carbocycles. The van der Waals surface area contributed by atoms with E-state index in [1.54, 1.807) is 24.3 Å². The quantitative estimate of drug-likeness (QED) is 0.802. The number of nitrogens with one attached hydrogen (secondary N) is 2. The van der Waals surface area contributed by atoms with Crippen molar-refractivity contribution in [2.24, 2.45) is 0 Å². The summed E-state index contributed by atoms with van der Waals surface area (Å²) in [5.41, 5.74) is 1.89. The molecule has 3 rings (SSSR count). The molecule has 0 aromatic heterocycles. The zero-order valence-corrected chi connectivity index (χ0v) is 13.8. The van der Waals surface area contributed by atoms with Gasteiger partial charge in [-0.15, -0.1) is 0 Å². The van der Waals surface area contributed by atoms with Crippen molar-refractivity contribution in [2.45, 2.75) is 12.5 Å². The molecular formula is C19H16N4O3. The van der Waals surface area contributed by atoms with Gasteiger partial charge in [0.25, 0.3) is 5.91 Å². The molecule has 2 aromatic rings. The van der Waals surface area contributed by atoms with Crippen LogP contribution in [0.15, 0.2) is 54.6 Å². The average molecular weight is 348 g/mol. The van der Waals surface area contributed by atoms with E-state index in [1.807, 2.05) is 36.4 Å². The monoisotopic (exact) mass is 348 g/mol. The van der Waals surface area contributed by atoms with Crippen molar-refractivity contribution in [3.63, 3.8) is 0 Å². The molecule has 1 atom stereocenters. The lowest BCUT2D eigenvalue weighted by atomic mass is 10.1. The number of hydrogen-bond donors (Lipinski definition) is 2. The Hall–Kier alpha value is -3.66. The maximum absolute atomic E-state index is 12.4. The van der Waals surface area contributed by atoms with Crippen molar-refractivity contribution in [3.05, 3.63) is 65.7 Å². The third kappa shape index (κ3) is 3.87. The molecule has 0 radical (unpaired) electrons. The predicted molar refractivity (Wildman–Crippen MR) is 94.0 cm³/mol. The van der Waals surface area contributed by atoms with Crippen LogP contribution in [-0.4, -0.2) is 35.3 Å². The first-order valence-electron chi connectivity index (χ1n) is 8.02. The van der Waals surface area contributed by atoms with Crippen LogP contribution in [0.3, 0.4) is 0 Å².